The first-order valence-corrected chi connectivity index (χ1v) is 42.7. The molecule has 3 aliphatic rings. The third-order valence-corrected chi connectivity index (χ3v) is 17.4. The second kappa shape index (κ2) is 86.7. The maximum Gasteiger partial charge on any atom is 0.452 e. The van der Waals surface area contributed by atoms with Crippen molar-refractivity contribution in [3.05, 3.63) is 322 Å². The molecular weight excluding hydrogens is 1500 g/mol. The number of rotatable bonds is 15. The highest BCUT2D eigenvalue weighted by atomic mass is 31.2. The van der Waals surface area contributed by atoms with Crippen LogP contribution in [0.5, 0.6) is 11.5 Å². The van der Waals surface area contributed by atoms with Crippen molar-refractivity contribution in [3.8, 4) is 11.5 Å². The molecular formula is C100H152N10O8P+. The number of hydrogen-bond donors (Lipinski definition) is 4. The van der Waals surface area contributed by atoms with Gasteiger partial charge in [0.05, 0.1) is 6.10 Å². The largest absolute Gasteiger partial charge is 0.452 e. The van der Waals surface area contributed by atoms with E-state index in [1.54, 1.807) is 96.1 Å². The molecule has 119 heavy (non-hydrogen) atoms. The molecule has 0 amide bonds. The van der Waals surface area contributed by atoms with E-state index >= 15 is 0 Å². The van der Waals surface area contributed by atoms with Gasteiger partial charge >= 0.3 is 7.60 Å². The molecule has 654 valence electrons. The number of aryl methyl sites for hydroxylation is 1. The van der Waals surface area contributed by atoms with Crippen molar-refractivity contribution in [3.63, 3.8) is 0 Å². The van der Waals surface area contributed by atoms with Gasteiger partial charge in [-0.15, -0.1) is 0 Å². The predicted molar refractivity (Wildman–Crippen MR) is 509 cm³/mol. The molecule has 3 aliphatic heterocycles. The molecule has 1 saturated heterocycles. The Morgan fingerprint density at radius 2 is 0.723 bits per heavy atom. The fourth-order valence-electron chi connectivity index (χ4n) is 7.92. The number of anilines is 3. The predicted octanol–water partition coefficient (Wildman–Crippen LogP) is 24.1. The highest BCUT2D eigenvalue weighted by Crippen LogP contribution is 2.52. The van der Waals surface area contributed by atoms with Crippen molar-refractivity contribution in [2.24, 2.45) is 7.05 Å². The summed E-state index contributed by atoms with van der Waals surface area (Å²) in [5.74, 6) is 1.22. The number of nitrogens with one attached hydrogen (secondary N) is 3. The van der Waals surface area contributed by atoms with Gasteiger partial charge in [-0.1, -0.05) is 207 Å². The van der Waals surface area contributed by atoms with Crippen LogP contribution in [0.2, 0.25) is 0 Å². The fourth-order valence-corrected chi connectivity index (χ4v) is 9.41. The number of Topliss-reactive ketones (excluding diaryl/α,β-unsaturated/α-hetero) is 3. The third kappa shape index (κ3) is 83.7. The first-order chi connectivity index (χ1) is 56.9. The molecule has 7 heterocycles. The Morgan fingerprint density at radius 3 is 0.908 bits per heavy atom. The van der Waals surface area contributed by atoms with E-state index in [2.05, 4.69) is 91.0 Å². The van der Waals surface area contributed by atoms with Crippen molar-refractivity contribution in [1.29, 1.82) is 0 Å². The second-order valence-corrected chi connectivity index (χ2v) is 28.4. The molecule has 0 spiro atoms. The van der Waals surface area contributed by atoms with Crippen LogP contribution in [0.3, 0.4) is 0 Å². The zero-order valence-corrected chi connectivity index (χ0v) is 76.1. The van der Waals surface area contributed by atoms with Gasteiger partial charge in [-0.2, -0.15) is 0 Å². The molecule has 1 fully saturated rings. The molecule has 0 radical (unpaired) electrons. The minimum absolute atomic E-state index is 0. The van der Waals surface area contributed by atoms with Crippen LogP contribution in [0.1, 0.15) is 176 Å². The van der Waals surface area contributed by atoms with Gasteiger partial charge in [0.15, 0.2) is 12.4 Å². The number of allylic oxidation sites excluding steroid dienone is 4. The average Bonchev–Trinajstić information content (AvgIpc) is 0.818. The minimum atomic E-state index is -3.53. The molecule has 9 aromatic rings. The first-order valence-electron chi connectivity index (χ1n) is 41.1. The van der Waals surface area contributed by atoms with Crippen molar-refractivity contribution in [2.45, 2.75) is 188 Å². The van der Waals surface area contributed by atoms with Crippen LogP contribution >= 0.6 is 7.60 Å². The summed E-state index contributed by atoms with van der Waals surface area (Å²) in [4.78, 5) is 56.6. The monoisotopic (exact) mass is 1650 g/mol. The van der Waals surface area contributed by atoms with Crippen LogP contribution < -0.4 is 29.6 Å². The van der Waals surface area contributed by atoms with Gasteiger partial charge in [-0.25, -0.2) is 9.13 Å². The van der Waals surface area contributed by atoms with Gasteiger partial charge in [-0.3, -0.25) is 15.0 Å². The van der Waals surface area contributed by atoms with Crippen molar-refractivity contribution in [2.75, 3.05) is 76.4 Å². The maximum absolute atomic E-state index is 13.5. The molecule has 19 heteroatoms. The maximum atomic E-state index is 13.5. The summed E-state index contributed by atoms with van der Waals surface area (Å²) in [5, 5.41) is 18.1. The Bertz CT molecular complexity index is 3500. The Hall–Kier alpha value is -10.6. The number of para-hydroxylation sites is 5. The normalized spacial score (nSPS) is 12.3. The zero-order valence-electron chi connectivity index (χ0n) is 75.2. The Balaban J connectivity index is -0.000000405. The molecule has 0 aliphatic carbocycles. The summed E-state index contributed by atoms with van der Waals surface area (Å²) in [5.41, 5.74) is 5.49. The number of aliphatic hydroxyl groups excluding tert-OH is 1. The molecule has 2 unspecified atom stereocenters. The molecule has 2 atom stereocenters. The molecule has 4 aromatic heterocycles. The van der Waals surface area contributed by atoms with Gasteiger partial charge in [-0.05, 0) is 233 Å². The average molecular weight is 1650 g/mol. The number of likely N-dealkylation sites (tertiary alicyclic amines) is 1. The molecule has 5 aromatic carbocycles. The van der Waals surface area contributed by atoms with Gasteiger partial charge in [0.2, 0.25) is 0 Å². The highest BCUT2D eigenvalue weighted by Gasteiger charge is 2.36. The summed E-state index contributed by atoms with van der Waals surface area (Å²) in [6.45, 7) is 36.8. The zero-order chi connectivity index (χ0) is 88.8. The number of nitrogens with zero attached hydrogens (tertiary/aromatic N) is 7. The number of aromatic nitrogens is 4. The van der Waals surface area contributed by atoms with E-state index in [4.69, 9.17) is 18.9 Å². The van der Waals surface area contributed by atoms with Crippen LogP contribution in [0.15, 0.2) is 322 Å². The van der Waals surface area contributed by atoms with Crippen LogP contribution in [-0.4, -0.2) is 131 Å². The lowest BCUT2D eigenvalue weighted by Gasteiger charge is -2.26. The lowest BCUT2D eigenvalue weighted by Crippen LogP contribution is -2.25. The van der Waals surface area contributed by atoms with Crippen LogP contribution in [-0.2, 0) is 30.8 Å². The Labute approximate surface area is 721 Å². The number of hydrogen-bond acceptors (Lipinski definition) is 17. The first kappa shape index (κ1) is 117. The number of likely N-dealkylation sites (N-methyl/N-ethyl adjacent to an activating group) is 2. The summed E-state index contributed by atoms with van der Waals surface area (Å²) in [6, 6.07) is 71.1. The lowest BCUT2D eigenvalue weighted by molar-refractivity contribution is -0.671. The molecule has 18 nitrogen and oxygen atoms in total. The van der Waals surface area contributed by atoms with E-state index in [9.17, 15) is 18.9 Å². The van der Waals surface area contributed by atoms with Gasteiger partial charge in [0.25, 0.3) is 0 Å². The number of aldehydes is 1. The quantitative estimate of drug-likeness (QED) is 0.0325. The van der Waals surface area contributed by atoms with Crippen molar-refractivity contribution in [1.82, 2.24) is 29.7 Å². The number of carbonyl (C=O) groups is 4. The second-order valence-electron chi connectivity index (χ2n) is 26.1. The number of pyridine rings is 4. The summed E-state index contributed by atoms with van der Waals surface area (Å²) < 4.78 is 27.2. The molecule has 12 rings (SSSR count). The van der Waals surface area contributed by atoms with Gasteiger partial charge in [0, 0.05) is 123 Å². The van der Waals surface area contributed by atoms with Crippen LogP contribution in [0, 0.1) is 0 Å². The van der Waals surface area contributed by atoms with E-state index in [0.29, 0.717) is 30.8 Å². The fraction of sp³-hybridized carbons (Fsp3) is 0.380. The SMILES string of the molecule is C.C/C=C(/C)Nc1ccccc1.C/C=C(/C)Nc1ccccc1.CC.CC(Nc1ccccc1)P(=O)(Oc1ccccc1)Oc1ccccc1.CC=O.CCC(C)=O.CCC(C)=O.CCC(C)=O.CCC(C)O.CN1CC=CCC1.CN1CC=CCC1.CN1CCCCC1.C[n+]1ccccc1.c1ccncc1.c1ccncc1.c1ccncc1. The van der Waals surface area contributed by atoms with E-state index < -0.39 is 13.4 Å². The minimum Gasteiger partial charge on any atom is -0.415 e. The molecule has 0 saturated carbocycles. The summed E-state index contributed by atoms with van der Waals surface area (Å²) >= 11 is 0. The lowest BCUT2D eigenvalue weighted by atomic mass is 10.1. The van der Waals surface area contributed by atoms with E-state index in [-0.39, 0.29) is 30.9 Å². The third-order valence-electron chi connectivity index (χ3n) is 15.4. The number of carbonyl (C=O) groups excluding carboxylic acids is 4. The number of aliphatic hydroxyl groups is 1. The molecule has 4 N–H and O–H groups in total. The molecule has 0 bridgehead atoms. The van der Waals surface area contributed by atoms with Crippen LogP contribution in [0.25, 0.3) is 0 Å². The van der Waals surface area contributed by atoms with E-state index in [1.165, 1.54) is 76.6 Å². The van der Waals surface area contributed by atoms with Gasteiger partial charge < -0.3 is 64.0 Å². The van der Waals surface area contributed by atoms with E-state index in [0.717, 1.165) is 42.9 Å². The Morgan fingerprint density at radius 1 is 0.454 bits per heavy atom. The topological polar surface area (TPSA) is 212 Å². The number of piperidine rings is 1. The van der Waals surface area contributed by atoms with Crippen molar-refractivity contribution < 1.29 is 42.5 Å². The standard InChI is InChI=1S/C20H20NO3P.2C10H13N.C6H13N.2C6H11N.C6H8N.3C5H5N.C4H10O.3C4H8O.C2H4O.C2H6.CH4/c1-17(21-18-11-5-2-6-12-18)25(22,23-19-13-7-3-8-14-19)24-20-15-9-4-10-16-20;2*1-3-9(2)11-10-7-5-4-6-8-10;4*1-7-5-3-2-4-6-7;3*1-2-4-6-5-3-1;4*1-3-4(2)5;1-2-3;1-2;/h2-17,21H,1H3;2*3-8,11H,1-2H3;2-6H2,1H3;2*2-3H,4-6H2,1H3;2-6H,1H3;3*1-5H;4-5H,3H2,1-2H3;3*3H2,1-2H3;2H,1H3;1-2H3;1H4/q;;;;;;+1;;;;;;;;;;/b;2*9-3-;;;;;;;;;;;;;;. The van der Waals surface area contributed by atoms with Gasteiger partial charge in [0.1, 0.15) is 48.0 Å². The number of ketones is 3. The summed E-state index contributed by atoms with van der Waals surface area (Å²) in [7, 11) is 4.95. The van der Waals surface area contributed by atoms with Crippen molar-refractivity contribution >= 4 is 48.3 Å². The number of benzene rings is 5. The van der Waals surface area contributed by atoms with Crippen LogP contribution in [0.4, 0.5) is 17.1 Å². The Kier molecular flexibility index (Phi) is 85.3. The summed E-state index contributed by atoms with van der Waals surface area (Å²) in [6.07, 6.45) is 37.7. The highest BCUT2D eigenvalue weighted by molar-refractivity contribution is 7.55. The van der Waals surface area contributed by atoms with E-state index in [1.807, 2.05) is 306 Å². The smallest absolute Gasteiger partial charge is 0.415 e.